The molecule has 1 aromatic carbocycles. The summed E-state index contributed by atoms with van der Waals surface area (Å²) in [5.74, 6) is -0.348. The van der Waals surface area contributed by atoms with Crippen molar-refractivity contribution >= 4 is 17.6 Å². The Labute approximate surface area is 139 Å². The predicted octanol–water partition coefficient (Wildman–Crippen LogP) is 2.46. The van der Waals surface area contributed by atoms with E-state index in [1.165, 1.54) is 31.3 Å². The molecule has 0 fully saturated rings. The van der Waals surface area contributed by atoms with Crippen LogP contribution < -0.4 is 14.4 Å². The van der Waals surface area contributed by atoms with Gasteiger partial charge in [-0.3, -0.25) is 9.78 Å². The lowest BCUT2D eigenvalue weighted by Crippen LogP contribution is -2.31. The Morgan fingerprint density at radius 3 is 2.33 bits per heavy atom. The third-order valence-electron chi connectivity index (χ3n) is 3.47. The maximum atomic E-state index is 12.7. The van der Waals surface area contributed by atoms with Crippen LogP contribution in [0.4, 0.5) is 5.69 Å². The Morgan fingerprint density at radius 1 is 1.12 bits per heavy atom. The van der Waals surface area contributed by atoms with Crippen LogP contribution in [-0.2, 0) is 0 Å². The van der Waals surface area contributed by atoms with Crippen LogP contribution in [0.5, 0.6) is 11.5 Å². The monoisotopic (exact) mass is 330 g/mol. The number of hydrogen-bond donors (Lipinski definition) is 1. The number of carboxylic acids is 1. The van der Waals surface area contributed by atoms with E-state index >= 15 is 0 Å². The lowest BCUT2D eigenvalue weighted by atomic mass is 10.2. The number of benzene rings is 1. The molecule has 1 N–H and O–H groups in total. The number of methoxy groups -OCH3 is 2. The number of hydrogen-bond acceptors (Lipinski definition) is 5. The number of carbonyl (C=O) groups excluding carboxylic acids is 1. The summed E-state index contributed by atoms with van der Waals surface area (Å²) in [6, 6.07) is 7.91. The summed E-state index contributed by atoms with van der Waals surface area (Å²) in [4.78, 5) is 29.0. The lowest BCUT2D eigenvalue weighted by Gasteiger charge is -2.22. The highest BCUT2D eigenvalue weighted by atomic mass is 16.5. The SMILES string of the molecule is CCN(C(=O)c1ccc(C(=O)O)cn1)c1ccc(OC)c(OC)c1. The zero-order valence-electron chi connectivity index (χ0n) is 13.6. The van der Waals surface area contributed by atoms with E-state index in [1.807, 2.05) is 6.92 Å². The van der Waals surface area contributed by atoms with Crippen molar-refractivity contribution in [1.82, 2.24) is 4.98 Å². The fourth-order valence-electron chi connectivity index (χ4n) is 2.22. The number of ether oxygens (including phenoxy) is 2. The first-order chi connectivity index (χ1) is 11.5. The van der Waals surface area contributed by atoms with Crippen molar-refractivity contribution in [3.05, 3.63) is 47.8 Å². The highest BCUT2D eigenvalue weighted by Crippen LogP contribution is 2.31. The van der Waals surface area contributed by atoms with Crippen molar-refractivity contribution in [2.24, 2.45) is 0 Å². The van der Waals surface area contributed by atoms with E-state index in [-0.39, 0.29) is 17.2 Å². The summed E-state index contributed by atoms with van der Waals surface area (Å²) in [5, 5.41) is 8.89. The van der Waals surface area contributed by atoms with Gasteiger partial charge in [-0.2, -0.15) is 0 Å². The molecule has 7 nitrogen and oxygen atoms in total. The number of amides is 1. The Bertz CT molecular complexity index is 743. The molecule has 126 valence electrons. The molecule has 1 amide bonds. The first kappa shape index (κ1) is 17.3. The third-order valence-corrected chi connectivity index (χ3v) is 3.47. The molecule has 1 aromatic heterocycles. The number of anilines is 1. The molecule has 0 spiro atoms. The largest absolute Gasteiger partial charge is 0.493 e. The van der Waals surface area contributed by atoms with Gasteiger partial charge in [0.2, 0.25) is 0 Å². The van der Waals surface area contributed by atoms with E-state index in [1.54, 1.807) is 18.2 Å². The van der Waals surface area contributed by atoms with Gasteiger partial charge in [-0.1, -0.05) is 0 Å². The van der Waals surface area contributed by atoms with Crippen LogP contribution in [0.25, 0.3) is 0 Å². The number of carbonyl (C=O) groups is 2. The van der Waals surface area contributed by atoms with E-state index in [9.17, 15) is 9.59 Å². The standard InChI is InChI=1S/C17H18N2O5/c1-4-19(12-6-8-14(23-2)15(9-12)24-3)16(20)13-7-5-11(10-18-13)17(21)22/h5-10H,4H2,1-3H3,(H,21,22). The minimum Gasteiger partial charge on any atom is -0.493 e. The number of aromatic nitrogens is 1. The van der Waals surface area contributed by atoms with Gasteiger partial charge in [0, 0.05) is 24.5 Å². The van der Waals surface area contributed by atoms with Crippen molar-refractivity contribution in [3.63, 3.8) is 0 Å². The Kier molecular flexibility index (Phi) is 5.36. The molecule has 2 rings (SSSR count). The average Bonchev–Trinajstić information content (AvgIpc) is 2.62. The normalized spacial score (nSPS) is 10.1. The molecule has 2 aromatic rings. The second-order valence-electron chi connectivity index (χ2n) is 4.83. The molecule has 24 heavy (non-hydrogen) atoms. The summed E-state index contributed by atoms with van der Waals surface area (Å²) in [6.45, 7) is 2.25. The third kappa shape index (κ3) is 3.45. The molecule has 7 heteroatoms. The minimum atomic E-state index is -1.09. The summed E-state index contributed by atoms with van der Waals surface area (Å²) in [6.07, 6.45) is 1.16. The zero-order chi connectivity index (χ0) is 17.7. The van der Waals surface area contributed by atoms with Gasteiger partial charge in [-0.05, 0) is 31.2 Å². The van der Waals surface area contributed by atoms with Gasteiger partial charge in [-0.15, -0.1) is 0 Å². The fourth-order valence-corrected chi connectivity index (χ4v) is 2.22. The van der Waals surface area contributed by atoms with Crippen LogP contribution in [0, 0.1) is 0 Å². The number of aromatic carboxylic acids is 1. The van der Waals surface area contributed by atoms with E-state index in [4.69, 9.17) is 14.6 Å². The molecule has 0 saturated carbocycles. The van der Waals surface area contributed by atoms with Crippen LogP contribution in [-0.4, -0.2) is 42.7 Å². The fraction of sp³-hybridized carbons (Fsp3) is 0.235. The summed E-state index contributed by atoms with van der Waals surface area (Å²) in [7, 11) is 3.06. The van der Waals surface area contributed by atoms with Gasteiger partial charge in [0.05, 0.1) is 19.8 Å². The second-order valence-corrected chi connectivity index (χ2v) is 4.83. The van der Waals surface area contributed by atoms with Crippen molar-refractivity contribution in [2.75, 3.05) is 25.7 Å². The maximum absolute atomic E-state index is 12.7. The lowest BCUT2D eigenvalue weighted by molar-refractivity contribution is 0.0695. The molecule has 0 saturated heterocycles. The van der Waals surface area contributed by atoms with Crippen molar-refractivity contribution in [2.45, 2.75) is 6.92 Å². The molecule has 1 heterocycles. The highest BCUT2D eigenvalue weighted by Gasteiger charge is 2.19. The van der Waals surface area contributed by atoms with Gasteiger partial charge in [0.25, 0.3) is 5.91 Å². The van der Waals surface area contributed by atoms with Crippen molar-refractivity contribution in [3.8, 4) is 11.5 Å². The molecule has 0 radical (unpaired) electrons. The number of carboxylic acid groups (broad SMARTS) is 1. The quantitative estimate of drug-likeness (QED) is 0.875. The number of pyridine rings is 1. The zero-order valence-corrected chi connectivity index (χ0v) is 13.6. The molecule has 0 unspecified atom stereocenters. The van der Waals surface area contributed by atoms with E-state index < -0.39 is 5.97 Å². The van der Waals surface area contributed by atoms with Gasteiger partial charge in [0.1, 0.15) is 5.69 Å². The van der Waals surface area contributed by atoms with Gasteiger partial charge >= 0.3 is 5.97 Å². The molecular weight excluding hydrogens is 312 g/mol. The first-order valence-electron chi connectivity index (χ1n) is 7.25. The molecule has 0 aliphatic rings. The van der Waals surface area contributed by atoms with Crippen LogP contribution in [0.15, 0.2) is 36.5 Å². The summed E-state index contributed by atoms with van der Waals surface area (Å²) >= 11 is 0. The van der Waals surface area contributed by atoms with Crippen LogP contribution in [0.2, 0.25) is 0 Å². The van der Waals surface area contributed by atoms with E-state index in [0.29, 0.717) is 23.7 Å². The molecular formula is C17H18N2O5. The second kappa shape index (κ2) is 7.45. The summed E-state index contributed by atoms with van der Waals surface area (Å²) in [5.41, 5.74) is 0.821. The number of nitrogens with zero attached hydrogens (tertiary/aromatic N) is 2. The minimum absolute atomic E-state index is 0.0284. The first-order valence-corrected chi connectivity index (χ1v) is 7.25. The van der Waals surface area contributed by atoms with Crippen LogP contribution in [0.1, 0.15) is 27.8 Å². The molecule has 0 bridgehead atoms. The highest BCUT2D eigenvalue weighted by molar-refractivity contribution is 6.05. The number of rotatable bonds is 6. The van der Waals surface area contributed by atoms with E-state index in [2.05, 4.69) is 4.98 Å². The predicted molar refractivity (Wildman–Crippen MR) is 88.1 cm³/mol. The van der Waals surface area contributed by atoms with Crippen LogP contribution in [0.3, 0.4) is 0 Å². The summed E-state index contributed by atoms with van der Waals surface area (Å²) < 4.78 is 10.4. The van der Waals surface area contributed by atoms with Crippen molar-refractivity contribution in [1.29, 1.82) is 0 Å². The Morgan fingerprint density at radius 2 is 1.83 bits per heavy atom. The van der Waals surface area contributed by atoms with Gasteiger partial charge in [0.15, 0.2) is 11.5 Å². The van der Waals surface area contributed by atoms with Gasteiger partial charge in [-0.25, -0.2) is 4.79 Å². The topological polar surface area (TPSA) is 89.0 Å². The Hall–Kier alpha value is -3.09. The molecule has 0 aliphatic heterocycles. The maximum Gasteiger partial charge on any atom is 0.337 e. The van der Waals surface area contributed by atoms with Crippen LogP contribution >= 0.6 is 0 Å². The van der Waals surface area contributed by atoms with Crippen molar-refractivity contribution < 1.29 is 24.2 Å². The smallest absolute Gasteiger partial charge is 0.337 e. The average molecular weight is 330 g/mol. The van der Waals surface area contributed by atoms with Gasteiger partial charge < -0.3 is 19.5 Å². The Balaban J connectivity index is 2.33. The molecule has 0 atom stereocenters. The molecule has 0 aliphatic carbocycles. The van der Waals surface area contributed by atoms with E-state index in [0.717, 1.165) is 6.20 Å².